The fourth-order valence-corrected chi connectivity index (χ4v) is 1.01. The zero-order valence-corrected chi connectivity index (χ0v) is 9.14. The van der Waals surface area contributed by atoms with Crippen LogP contribution in [0.5, 0.6) is 0 Å². The van der Waals surface area contributed by atoms with Gasteiger partial charge in [0.1, 0.15) is 12.2 Å². The smallest absolute Gasteiger partial charge is 0.109 e. The zero-order chi connectivity index (χ0) is 10.4. The Balaban J connectivity index is 4.19. The first kappa shape index (κ1) is 12.9. The molecule has 0 aromatic carbocycles. The number of nitrogens with one attached hydrogen (secondary N) is 2. The van der Waals surface area contributed by atoms with Crippen molar-refractivity contribution in [1.29, 1.82) is 10.8 Å². The van der Waals surface area contributed by atoms with Gasteiger partial charge in [0.15, 0.2) is 0 Å². The summed E-state index contributed by atoms with van der Waals surface area (Å²) in [6.45, 7) is 3.47. The number of alkyl halides is 2. The average Bonchev–Trinajstić information content (AvgIpc) is 2.05. The number of ether oxygens (including phenoxy) is 1. The summed E-state index contributed by atoms with van der Waals surface area (Å²) in [4.78, 5) is 0. The lowest BCUT2D eigenvalue weighted by atomic mass is 10.2. The topological polar surface area (TPSA) is 56.9 Å². The van der Waals surface area contributed by atoms with Gasteiger partial charge < -0.3 is 15.6 Å². The minimum atomic E-state index is -0.491. The molecule has 0 bridgehead atoms. The lowest BCUT2D eigenvalue weighted by Crippen LogP contribution is -2.34. The van der Waals surface area contributed by atoms with Gasteiger partial charge in [0, 0.05) is 12.4 Å². The van der Waals surface area contributed by atoms with Crippen molar-refractivity contribution in [2.75, 3.05) is 0 Å². The van der Waals surface area contributed by atoms with Gasteiger partial charge >= 0.3 is 0 Å². The molecule has 0 aliphatic carbocycles. The summed E-state index contributed by atoms with van der Waals surface area (Å²) in [5, 5.41) is 13.5. The van der Waals surface area contributed by atoms with Crippen LogP contribution in [0.1, 0.15) is 13.8 Å². The molecule has 76 valence electrons. The van der Waals surface area contributed by atoms with Gasteiger partial charge in [0.05, 0.1) is 10.8 Å². The standard InChI is InChI=1S/C8H14Cl2N2O/c1-5(9)7(3-11)13-8(4-12)6(2)10/h3-8,11-12H,1-2H3. The second-order valence-electron chi connectivity index (χ2n) is 2.75. The Morgan fingerprint density at radius 1 is 1.00 bits per heavy atom. The Bertz CT molecular complexity index is 156. The van der Waals surface area contributed by atoms with Gasteiger partial charge in [0.25, 0.3) is 0 Å². The Kier molecular flexibility index (Phi) is 6.29. The average molecular weight is 225 g/mol. The molecule has 2 N–H and O–H groups in total. The lowest BCUT2D eigenvalue weighted by molar-refractivity contribution is 0.0688. The second kappa shape index (κ2) is 6.35. The highest BCUT2D eigenvalue weighted by molar-refractivity contribution is 6.22. The van der Waals surface area contributed by atoms with E-state index in [0.29, 0.717) is 0 Å². The summed E-state index contributed by atoms with van der Waals surface area (Å²) >= 11 is 11.5. The van der Waals surface area contributed by atoms with Crippen LogP contribution in [0.4, 0.5) is 0 Å². The van der Waals surface area contributed by atoms with E-state index in [4.69, 9.17) is 38.8 Å². The first-order valence-electron chi connectivity index (χ1n) is 3.97. The van der Waals surface area contributed by atoms with Crippen molar-refractivity contribution in [3.63, 3.8) is 0 Å². The normalized spacial score (nSPS) is 20.0. The van der Waals surface area contributed by atoms with Crippen molar-refractivity contribution in [1.82, 2.24) is 0 Å². The van der Waals surface area contributed by atoms with Crippen molar-refractivity contribution in [2.45, 2.75) is 36.8 Å². The highest BCUT2D eigenvalue weighted by Crippen LogP contribution is 2.11. The summed E-state index contributed by atoms with van der Waals surface area (Å²) in [6, 6.07) is 0. The molecular formula is C8H14Cl2N2O. The number of rotatable bonds is 6. The maximum Gasteiger partial charge on any atom is 0.109 e. The molecule has 4 atom stereocenters. The molecule has 4 unspecified atom stereocenters. The van der Waals surface area contributed by atoms with Gasteiger partial charge in [0.2, 0.25) is 0 Å². The highest BCUT2D eigenvalue weighted by atomic mass is 35.5. The van der Waals surface area contributed by atoms with Crippen LogP contribution < -0.4 is 0 Å². The van der Waals surface area contributed by atoms with Gasteiger partial charge in [-0.25, -0.2) is 0 Å². The molecule has 0 saturated carbocycles. The fraction of sp³-hybridized carbons (Fsp3) is 0.750. The maximum absolute atomic E-state index is 7.05. The van der Waals surface area contributed by atoms with Gasteiger partial charge in [-0.15, -0.1) is 23.2 Å². The predicted octanol–water partition coefficient (Wildman–Crippen LogP) is 2.29. The van der Waals surface area contributed by atoms with Gasteiger partial charge in [-0.3, -0.25) is 0 Å². The van der Waals surface area contributed by atoms with E-state index in [9.17, 15) is 0 Å². The summed E-state index contributed by atoms with van der Waals surface area (Å²) in [6.07, 6.45) is 1.25. The summed E-state index contributed by atoms with van der Waals surface area (Å²) in [5.74, 6) is 0. The van der Waals surface area contributed by atoms with Crippen LogP contribution in [0.15, 0.2) is 0 Å². The van der Waals surface area contributed by atoms with Crippen LogP contribution in [-0.4, -0.2) is 35.4 Å². The fourth-order valence-electron chi connectivity index (χ4n) is 0.742. The number of halogens is 2. The van der Waals surface area contributed by atoms with Crippen molar-refractivity contribution in [3.8, 4) is 0 Å². The van der Waals surface area contributed by atoms with E-state index in [0.717, 1.165) is 12.4 Å². The van der Waals surface area contributed by atoms with Gasteiger partial charge in [-0.1, -0.05) is 0 Å². The van der Waals surface area contributed by atoms with Crippen LogP contribution >= 0.6 is 23.2 Å². The molecule has 3 nitrogen and oxygen atoms in total. The molecular weight excluding hydrogens is 211 g/mol. The first-order chi connectivity index (χ1) is 6.02. The van der Waals surface area contributed by atoms with Crippen LogP contribution in [0, 0.1) is 10.8 Å². The lowest BCUT2D eigenvalue weighted by Gasteiger charge is -2.22. The molecule has 0 saturated heterocycles. The summed E-state index contributed by atoms with van der Waals surface area (Å²) < 4.78 is 5.32. The largest absolute Gasteiger partial charge is 0.361 e. The van der Waals surface area contributed by atoms with Gasteiger partial charge in [-0.2, -0.15) is 0 Å². The van der Waals surface area contributed by atoms with Crippen molar-refractivity contribution >= 4 is 35.6 Å². The monoisotopic (exact) mass is 224 g/mol. The Labute approximate surface area is 88.4 Å². The minimum Gasteiger partial charge on any atom is -0.361 e. The van der Waals surface area contributed by atoms with E-state index in [-0.39, 0.29) is 10.8 Å². The summed E-state index contributed by atoms with van der Waals surface area (Å²) in [7, 11) is 0. The highest BCUT2D eigenvalue weighted by Gasteiger charge is 2.20. The maximum atomic E-state index is 7.05. The molecule has 0 fully saturated rings. The molecule has 0 aliphatic heterocycles. The van der Waals surface area contributed by atoms with Crippen LogP contribution in [-0.2, 0) is 4.74 Å². The molecule has 0 heterocycles. The summed E-state index contributed by atoms with van der Waals surface area (Å²) in [5.41, 5.74) is 0. The number of hydrogen-bond donors (Lipinski definition) is 2. The van der Waals surface area contributed by atoms with E-state index in [2.05, 4.69) is 0 Å². The zero-order valence-electron chi connectivity index (χ0n) is 7.63. The van der Waals surface area contributed by atoms with E-state index >= 15 is 0 Å². The molecule has 0 aliphatic rings. The Morgan fingerprint density at radius 2 is 1.31 bits per heavy atom. The molecule has 0 spiro atoms. The quantitative estimate of drug-likeness (QED) is 0.528. The molecule has 13 heavy (non-hydrogen) atoms. The molecule has 0 amide bonds. The van der Waals surface area contributed by atoms with Crippen LogP contribution in [0.3, 0.4) is 0 Å². The third-order valence-electron chi connectivity index (χ3n) is 1.55. The molecule has 5 heteroatoms. The third kappa shape index (κ3) is 4.60. The van der Waals surface area contributed by atoms with Crippen molar-refractivity contribution in [2.24, 2.45) is 0 Å². The Hall–Kier alpha value is -0.120. The third-order valence-corrected chi connectivity index (χ3v) is 2.04. The second-order valence-corrected chi connectivity index (χ2v) is 4.13. The first-order valence-corrected chi connectivity index (χ1v) is 4.85. The molecule has 0 radical (unpaired) electrons. The van der Waals surface area contributed by atoms with E-state index in [1.165, 1.54) is 0 Å². The molecule has 0 aromatic rings. The van der Waals surface area contributed by atoms with Crippen molar-refractivity contribution < 1.29 is 4.74 Å². The van der Waals surface area contributed by atoms with Crippen LogP contribution in [0.25, 0.3) is 0 Å². The molecule has 0 rings (SSSR count). The van der Waals surface area contributed by atoms with Gasteiger partial charge in [-0.05, 0) is 13.8 Å². The van der Waals surface area contributed by atoms with E-state index in [1.807, 2.05) is 0 Å². The number of hydrogen-bond acceptors (Lipinski definition) is 3. The molecule has 0 aromatic heterocycles. The van der Waals surface area contributed by atoms with E-state index in [1.54, 1.807) is 13.8 Å². The minimum absolute atomic E-state index is 0.296. The predicted molar refractivity (Wildman–Crippen MR) is 56.9 cm³/mol. The Morgan fingerprint density at radius 3 is 1.46 bits per heavy atom. The van der Waals surface area contributed by atoms with E-state index < -0.39 is 12.2 Å². The van der Waals surface area contributed by atoms with Crippen molar-refractivity contribution in [3.05, 3.63) is 0 Å². The SMILES string of the molecule is CC(Cl)C(C=N)OC(C=N)C(C)Cl. The van der Waals surface area contributed by atoms with Crippen LogP contribution in [0.2, 0.25) is 0 Å².